The van der Waals surface area contributed by atoms with Crippen LogP contribution < -0.4 is 0 Å². The second-order valence-electron chi connectivity index (χ2n) is 3.52. The molecule has 0 amide bonds. The summed E-state index contributed by atoms with van der Waals surface area (Å²) in [4.78, 5) is 21.6. The molecular weight excluding hydrogens is 220 g/mol. The highest BCUT2D eigenvalue weighted by Crippen LogP contribution is 2.27. The summed E-state index contributed by atoms with van der Waals surface area (Å²) in [7, 11) is 1.23. The van der Waals surface area contributed by atoms with Gasteiger partial charge in [0.15, 0.2) is 5.60 Å². The lowest BCUT2D eigenvalue weighted by atomic mass is 9.95. The molecule has 4 heteroatoms. The number of hydrogen-bond acceptors (Lipinski definition) is 4. The summed E-state index contributed by atoms with van der Waals surface area (Å²) in [5, 5.41) is 0. The maximum absolute atomic E-state index is 11.2. The Kier molecular flexibility index (Phi) is 4.46. The molecule has 0 heterocycles. The van der Waals surface area contributed by atoms with E-state index in [0.717, 1.165) is 5.56 Å². The van der Waals surface area contributed by atoms with Crippen molar-refractivity contribution in [3.63, 3.8) is 0 Å². The lowest BCUT2D eigenvalue weighted by Crippen LogP contribution is -2.27. The zero-order valence-corrected chi connectivity index (χ0v) is 9.75. The van der Waals surface area contributed by atoms with Gasteiger partial charge in [-0.25, -0.2) is 4.79 Å². The average Bonchev–Trinajstić information content (AvgIpc) is 2.37. The van der Waals surface area contributed by atoms with Gasteiger partial charge in [-0.15, -0.1) is 0 Å². The van der Waals surface area contributed by atoms with Crippen LogP contribution >= 0.6 is 0 Å². The Hall–Kier alpha value is -2.10. The van der Waals surface area contributed by atoms with Crippen molar-refractivity contribution in [3.8, 4) is 0 Å². The fourth-order valence-electron chi connectivity index (χ4n) is 1.40. The zero-order chi connectivity index (χ0) is 12.7. The summed E-state index contributed by atoms with van der Waals surface area (Å²) in [6.45, 7) is 1.68. The van der Waals surface area contributed by atoms with Crippen LogP contribution in [-0.2, 0) is 19.9 Å². The monoisotopic (exact) mass is 234 g/mol. The molecule has 0 saturated carbocycles. The van der Waals surface area contributed by atoms with Crippen molar-refractivity contribution in [2.75, 3.05) is 7.11 Å². The van der Waals surface area contributed by atoms with Gasteiger partial charge >= 0.3 is 6.16 Å². The number of rotatable bonds is 4. The molecule has 1 atom stereocenters. The van der Waals surface area contributed by atoms with E-state index in [1.807, 2.05) is 18.2 Å². The molecule has 1 aromatic carbocycles. The second-order valence-corrected chi connectivity index (χ2v) is 3.52. The molecule has 0 aliphatic carbocycles. The van der Waals surface area contributed by atoms with E-state index in [-0.39, 0.29) is 0 Å². The number of methoxy groups -OCH3 is 1. The summed E-state index contributed by atoms with van der Waals surface area (Å²) >= 11 is 0. The number of aldehydes is 1. The highest BCUT2D eigenvalue weighted by atomic mass is 16.7. The second kappa shape index (κ2) is 5.84. The molecule has 0 bridgehead atoms. The van der Waals surface area contributed by atoms with Crippen LogP contribution in [0.5, 0.6) is 0 Å². The van der Waals surface area contributed by atoms with Gasteiger partial charge < -0.3 is 9.47 Å². The maximum Gasteiger partial charge on any atom is 0.509 e. The Morgan fingerprint density at radius 1 is 1.29 bits per heavy atom. The summed E-state index contributed by atoms with van der Waals surface area (Å²) in [5.41, 5.74) is -0.265. The van der Waals surface area contributed by atoms with Crippen LogP contribution in [0.2, 0.25) is 0 Å². The smallest absolute Gasteiger partial charge is 0.438 e. The van der Waals surface area contributed by atoms with E-state index in [4.69, 9.17) is 4.74 Å². The van der Waals surface area contributed by atoms with Crippen molar-refractivity contribution >= 4 is 12.4 Å². The maximum atomic E-state index is 11.2. The van der Waals surface area contributed by atoms with Gasteiger partial charge in [0.2, 0.25) is 0 Å². The van der Waals surface area contributed by atoms with Gasteiger partial charge in [0.25, 0.3) is 0 Å². The first kappa shape index (κ1) is 13.0. The molecule has 90 valence electrons. The van der Waals surface area contributed by atoms with Crippen molar-refractivity contribution in [3.05, 3.63) is 48.0 Å². The van der Waals surface area contributed by atoms with E-state index in [0.29, 0.717) is 6.29 Å². The van der Waals surface area contributed by atoms with Gasteiger partial charge in [0, 0.05) is 0 Å². The topological polar surface area (TPSA) is 52.6 Å². The highest BCUT2D eigenvalue weighted by molar-refractivity contribution is 5.66. The molecule has 4 nitrogen and oxygen atoms in total. The van der Waals surface area contributed by atoms with Crippen molar-refractivity contribution < 1.29 is 19.1 Å². The van der Waals surface area contributed by atoms with E-state index in [2.05, 4.69) is 4.74 Å². The summed E-state index contributed by atoms with van der Waals surface area (Å²) in [6.07, 6.45) is 2.62. The summed E-state index contributed by atoms with van der Waals surface area (Å²) in [5.74, 6) is 0. The Morgan fingerprint density at radius 3 is 2.47 bits per heavy atom. The molecule has 0 aromatic heterocycles. The van der Waals surface area contributed by atoms with Crippen LogP contribution in [0.3, 0.4) is 0 Å². The Morgan fingerprint density at radius 2 is 1.94 bits per heavy atom. The molecule has 0 spiro atoms. The molecule has 0 saturated heterocycles. The Bertz CT molecular complexity index is 411. The van der Waals surface area contributed by atoms with E-state index in [1.165, 1.54) is 19.3 Å². The summed E-state index contributed by atoms with van der Waals surface area (Å²) in [6, 6.07) is 9.10. The molecular formula is C13H14O4. The van der Waals surface area contributed by atoms with Crippen LogP contribution in [0.1, 0.15) is 12.5 Å². The molecule has 0 aliphatic rings. The van der Waals surface area contributed by atoms with Crippen LogP contribution in [0.25, 0.3) is 0 Å². The largest absolute Gasteiger partial charge is 0.509 e. The molecule has 1 rings (SSSR count). The molecule has 1 unspecified atom stereocenters. The van der Waals surface area contributed by atoms with E-state index in [1.54, 1.807) is 19.1 Å². The van der Waals surface area contributed by atoms with E-state index in [9.17, 15) is 9.59 Å². The van der Waals surface area contributed by atoms with Crippen molar-refractivity contribution in [1.82, 2.24) is 0 Å². The van der Waals surface area contributed by atoms with Gasteiger partial charge in [-0.1, -0.05) is 30.3 Å². The molecule has 0 radical (unpaired) electrons. The predicted octanol–water partition coefficient (Wildman–Crippen LogP) is 2.44. The van der Waals surface area contributed by atoms with Crippen molar-refractivity contribution in [2.24, 2.45) is 0 Å². The van der Waals surface area contributed by atoms with Gasteiger partial charge in [-0.3, -0.25) is 4.79 Å². The zero-order valence-electron chi connectivity index (χ0n) is 9.75. The third-order valence-corrected chi connectivity index (χ3v) is 2.30. The first-order valence-electron chi connectivity index (χ1n) is 5.08. The minimum absolute atomic E-state index is 0.627. The first-order chi connectivity index (χ1) is 8.12. The number of carbonyl (C=O) groups is 2. The highest BCUT2D eigenvalue weighted by Gasteiger charge is 2.28. The Balaban J connectivity index is 3.05. The normalized spacial score (nSPS) is 14.0. The van der Waals surface area contributed by atoms with Crippen LogP contribution in [0.4, 0.5) is 4.79 Å². The Labute approximate surface area is 99.8 Å². The molecule has 0 N–H and O–H groups in total. The third kappa shape index (κ3) is 3.45. The molecule has 1 aromatic rings. The average molecular weight is 234 g/mol. The standard InChI is InChI=1S/C13H14O4/c1-13(9-6-10-14,17-12(15)16-2)11-7-4-3-5-8-11/h3-10H,1-2H3/b9-6+. The number of benzene rings is 1. The van der Waals surface area contributed by atoms with Gasteiger partial charge in [0.1, 0.15) is 6.29 Å². The van der Waals surface area contributed by atoms with Crippen LogP contribution in [-0.4, -0.2) is 19.6 Å². The van der Waals surface area contributed by atoms with Crippen molar-refractivity contribution in [1.29, 1.82) is 0 Å². The lowest BCUT2D eigenvalue weighted by molar-refractivity contribution is -0.104. The molecule has 17 heavy (non-hydrogen) atoms. The van der Waals surface area contributed by atoms with Gasteiger partial charge in [-0.2, -0.15) is 0 Å². The van der Waals surface area contributed by atoms with E-state index >= 15 is 0 Å². The molecule has 0 fully saturated rings. The number of carbonyl (C=O) groups excluding carboxylic acids is 2. The summed E-state index contributed by atoms with van der Waals surface area (Å²) < 4.78 is 9.63. The van der Waals surface area contributed by atoms with Crippen molar-refractivity contribution in [2.45, 2.75) is 12.5 Å². The van der Waals surface area contributed by atoms with Gasteiger partial charge in [-0.05, 0) is 24.6 Å². The SMILES string of the molecule is COC(=O)OC(C)(/C=C/C=O)c1ccccc1. The predicted molar refractivity (Wildman–Crippen MR) is 62.5 cm³/mol. The minimum atomic E-state index is -1.02. The number of allylic oxidation sites excluding steroid dienone is 1. The fourth-order valence-corrected chi connectivity index (χ4v) is 1.40. The fraction of sp³-hybridized carbons (Fsp3) is 0.231. The van der Waals surface area contributed by atoms with Crippen LogP contribution in [0.15, 0.2) is 42.5 Å². The molecule has 0 aliphatic heterocycles. The van der Waals surface area contributed by atoms with Gasteiger partial charge in [0.05, 0.1) is 7.11 Å². The number of ether oxygens (including phenoxy) is 2. The van der Waals surface area contributed by atoms with Crippen LogP contribution in [0, 0.1) is 0 Å². The quantitative estimate of drug-likeness (QED) is 0.456. The number of hydrogen-bond donors (Lipinski definition) is 0. The first-order valence-corrected chi connectivity index (χ1v) is 5.08. The van der Waals surface area contributed by atoms with E-state index < -0.39 is 11.8 Å². The third-order valence-electron chi connectivity index (χ3n) is 2.30. The minimum Gasteiger partial charge on any atom is -0.438 e. The lowest BCUT2D eigenvalue weighted by Gasteiger charge is -2.25.